The molecule has 2 aliphatic carbocycles. The number of halogens is 1. The molecule has 0 aromatic heterocycles. The molecule has 2 saturated carbocycles. The van der Waals surface area contributed by atoms with Crippen LogP contribution >= 0.6 is 15.9 Å². The van der Waals surface area contributed by atoms with Crippen LogP contribution in [0.15, 0.2) is 0 Å². The fourth-order valence-electron chi connectivity index (χ4n) is 1.76. The van der Waals surface area contributed by atoms with E-state index in [4.69, 9.17) is 0 Å². The molecular weight excluding hydrogens is 280 g/mol. The molecule has 0 N–H and O–H groups in total. The van der Waals surface area contributed by atoms with Crippen LogP contribution in [0.5, 0.6) is 0 Å². The van der Waals surface area contributed by atoms with Crippen LogP contribution in [-0.4, -0.2) is 4.83 Å². The molecule has 88 valence electrons. The topological polar surface area (TPSA) is 0 Å². The first kappa shape index (κ1) is 20.4. The molecule has 0 spiro atoms. The third kappa shape index (κ3) is 11.1. The average molecular weight is 305 g/mol. The minimum atomic E-state index is 0. The van der Waals surface area contributed by atoms with Gasteiger partial charge >= 0.3 is 17.1 Å². The van der Waals surface area contributed by atoms with Gasteiger partial charge in [0.2, 0.25) is 0 Å². The summed E-state index contributed by atoms with van der Waals surface area (Å²) in [5.74, 6) is 0. The average Bonchev–Trinajstić information content (AvgIpc) is 2.57. The van der Waals surface area contributed by atoms with E-state index in [2.05, 4.69) is 15.9 Å². The van der Waals surface area contributed by atoms with Gasteiger partial charge in [-0.05, 0) is 12.8 Å². The minimum absolute atomic E-state index is 0. The summed E-state index contributed by atoms with van der Waals surface area (Å²) in [4.78, 5) is 0.859. The predicted octanol–water partition coefficient (Wildman–Crippen LogP) is 5.17. The van der Waals surface area contributed by atoms with E-state index in [1.54, 1.807) is 0 Å². The summed E-state index contributed by atoms with van der Waals surface area (Å²) in [6.07, 6.45) is 13.2. The van der Waals surface area contributed by atoms with Gasteiger partial charge in [0, 0.05) is 4.83 Å². The van der Waals surface area contributed by atoms with E-state index in [-0.39, 0.29) is 31.9 Å². The van der Waals surface area contributed by atoms with E-state index in [1.807, 2.05) is 0 Å². The van der Waals surface area contributed by atoms with Gasteiger partial charge < -0.3 is 14.9 Å². The van der Waals surface area contributed by atoms with Gasteiger partial charge in [-0.2, -0.15) is 0 Å². The van der Waals surface area contributed by atoms with Crippen LogP contribution in [0.2, 0.25) is 0 Å². The van der Waals surface area contributed by atoms with Gasteiger partial charge in [-0.1, -0.05) is 60.9 Å². The third-order valence-electron chi connectivity index (χ3n) is 2.53. The van der Waals surface area contributed by atoms with Gasteiger partial charge in [0.25, 0.3) is 0 Å². The van der Waals surface area contributed by atoms with Gasteiger partial charge in [-0.25, -0.2) is 0 Å². The first-order chi connectivity index (χ1) is 5.39. The molecular formula is C12H25BrFe. The normalized spacial score (nSPS) is 19.5. The van der Waals surface area contributed by atoms with Crippen molar-refractivity contribution < 1.29 is 17.1 Å². The summed E-state index contributed by atoms with van der Waals surface area (Å²) in [5.41, 5.74) is 0. The Hall–Kier alpha value is 0.999. The van der Waals surface area contributed by atoms with Crippen molar-refractivity contribution >= 4 is 15.9 Å². The largest absolute Gasteiger partial charge is 2.00 e. The quantitative estimate of drug-likeness (QED) is 0.329. The van der Waals surface area contributed by atoms with E-state index in [0.717, 1.165) is 4.83 Å². The Morgan fingerprint density at radius 3 is 1.07 bits per heavy atom. The fourth-order valence-corrected chi connectivity index (χ4v) is 2.41. The zero-order valence-corrected chi connectivity index (χ0v) is 12.4. The molecule has 0 atom stereocenters. The SMILES string of the molecule is BrC1CCCC1.C1CCCC1.[CH3-].[CH3-].[Fe+2]. The van der Waals surface area contributed by atoms with Gasteiger partial charge in [0.15, 0.2) is 0 Å². The molecule has 0 nitrogen and oxygen atoms in total. The van der Waals surface area contributed by atoms with Crippen LogP contribution in [0.25, 0.3) is 0 Å². The van der Waals surface area contributed by atoms with E-state index in [1.165, 1.54) is 57.8 Å². The zero-order valence-electron chi connectivity index (χ0n) is 9.67. The van der Waals surface area contributed by atoms with Crippen molar-refractivity contribution in [2.45, 2.75) is 62.6 Å². The van der Waals surface area contributed by atoms with E-state index in [9.17, 15) is 0 Å². The molecule has 2 heteroatoms. The third-order valence-corrected chi connectivity index (χ3v) is 3.45. The summed E-state index contributed by atoms with van der Waals surface area (Å²) in [7, 11) is 0. The molecule has 2 rings (SSSR count). The maximum Gasteiger partial charge on any atom is 2.00 e. The zero-order chi connectivity index (χ0) is 7.94. The predicted molar refractivity (Wildman–Crippen MR) is 67.1 cm³/mol. The van der Waals surface area contributed by atoms with Crippen molar-refractivity contribution in [3.05, 3.63) is 14.9 Å². The molecule has 0 aliphatic heterocycles. The Labute approximate surface area is 110 Å². The molecule has 0 amide bonds. The molecule has 0 saturated heterocycles. The smallest absolute Gasteiger partial charge is 0.358 e. The van der Waals surface area contributed by atoms with Crippen molar-refractivity contribution in [3.8, 4) is 0 Å². The van der Waals surface area contributed by atoms with Crippen LogP contribution in [0.3, 0.4) is 0 Å². The first-order valence-corrected chi connectivity index (χ1v) is 5.95. The van der Waals surface area contributed by atoms with E-state index in [0.29, 0.717) is 0 Å². The summed E-state index contributed by atoms with van der Waals surface area (Å²) < 4.78 is 0. The second kappa shape index (κ2) is 14.0. The van der Waals surface area contributed by atoms with Crippen LogP contribution in [0, 0.1) is 14.9 Å². The maximum atomic E-state index is 3.54. The van der Waals surface area contributed by atoms with Crippen molar-refractivity contribution in [3.63, 3.8) is 0 Å². The first-order valence-electron chi connectivity index (χ1n) is 5.03. The maximum absolute atomic E-state index is 3.54. The van der Waals surface area contributed by atoms with Crippen molar-refractivity contribution in [1.82, 2.24) is 0 Å². The minimum Gasteiger partial charge on any atom is -0.358 e. The van der Waals surface area contributed by atoms with Crippen molar-refractivity contribution in [2.24, 2.45) is 0 Å². The Bertz CT molecular complexity index is 78.7. The van der Waals surface area contributed by atoms with Crippen LogP contribution in [-0.2, 0) is 17.1 Å². The monoisotopic (exact) mass is 304 g/mol. The van der Waals surface area contributed by atoms with Crippen LogP contribution in [0.1, 0.15) is 57.8 Å². The summed E-state index contributed by atoms with van der Waals surface area (Å²) in [6.45, 7) is 0. The van der Waals surface area contributed by atoms with E-state index >= 15 is 0 Å². The molecule has 2 aliphatic rings. The van der Waals surface area contributed by atoms with Gasteiger partial charge in [-0.15, -0.1) is 0 Å². The van der Waals surface area contributed by atoms with E-state index < -0.39 is 0 Å². The Morgan fingerprint density at radius 1 is 0.643 bits per heavy atom. The molecule has 14 heavy (non-hydrogen) atoms. The summed E-state index contributed by atoms with van der Waals surface area (Å²) >= 11 is 3.54. The second-order valence-corrected chi connectivity index (χ2v) is 4.94. The molecule has 0 bridgehead atoms. The summed E-state index contributed by atoms with van der Waals surface area (Å²) in [6, 6.07) is 0. The second-order valence-electron chi connectivity index (χ2n) is 3.65. The van der Waals surface area contributed by atoms with Crippen molar-refractivity contribution in [1.29, 1.82) is 0 Å². The Kier molecular flexibility index (Phi) is 20.4. The molecule has 2 fully saturated rings. The van der Waals surface area contributed by atoms with Crippen molar-refractivity contribution in [2.75, 3.05) is 0 Å². The van der Waals surface area contributed by atoms with Gasteiger partial charge in [0.1, 0.15) is 0 Å². The van der Waals surface area contributed by atoms with Crippen LogP contribution < -0.4 is 0 Å². The van der Waals surface area contributed by atoms with Crippen LogP contribution in [0.4, 0.5) is 0 Å². The number of rotatable bonds is 0. The molecule has 0 unspecified atom stereocenters. The number of hydrogen-bond acceptors (Lipinski definition) is 0. The van der Waals surface area contributed by atoms with Gasteiger partial charge in [0.05, 0.1) is 0 Å². The standard InChI is InChI=1S/C5H9Br.C5H10.2CH3.Fe/c6-5-3-1-2-4-5;1-2-4-5-3-1;;;/h5H,1-4H2;1-5H2;2*1H3;/q;;2*-1;+2. The molecule has 0 heterocycles. The molecule has 0 aromatic rings. The molecule has 0 radical (unpaired) electrons. The molecule has 0 aromatic carbocycles. The summed E-state index contributed by atoms with van der Waals surface area (Å²) in [5, 5.41) is 0. The van der Waals surface area contributed by atoms with Gasteiger partial charge in [-0.3, -0.25) is 0 Å². The Balaban J connectivity index is -0.000000144. The number of hydrogen-bond donors (Lipinski definition) is 0. The number of alkyl halides is 1. The Morgan fingerprint density at radius 2 is 0.929 bits per heavy atom. The fraction of sp³-hybridized carbons (Fsp3) is 0.833.